The third-order valence-electron chi connectivity index (χ3n) is 4.83. The normalized spacial score (nSPS) is 15.7. The SMILES string of the molecule is Oc1cc(CC(F)(F)F)c(-c2nc3c(c(NCCC4CC4)n2)C=NC3)cc1F. The lowest BCUT2D eigenvalue weighted by Crippen LogP contribution is -2.14. The van der Waals surface area contributed by atoms with E-state index in [-0.39, 0.29) is 23.5 Å². The fourth-order valence-electron chi connectivity index (χ4n) is 3.23. The number of aromatic hydroxyl groups is 1. The van der Waals surface area contributed by atoms with E-state index in [4.69, 9.17) is 0 Å². The summed E-state index contributed by atoms with van der Waals surface area (Å²) in [5.74, 6) is -0.690. The van der Waals surface area contributed by atoms with E-state index in [1.807, 2.05) is 0 Å². The van der Waals surface area contributed by atoms with Crippen LogP contribution in [0.4, 0.5) is 23.4 Å². The summed E-state index contributed by atoms with van der Waals surface area (Å²) in [5, 5.41) is 12.7. The van der Waals surface area contributed by atoms with Crippen molar-refractivity contribution in [2.45, 2.75) is 38.4 Å². The van der Waals surface area contributed by atoms with E-state index >= 15 is 0 Å². The number of benzene rings is 1. The van der Waals surface area contributed by atoms with E-state index in [1.54, 1.807) is 6.21 Å². The third-order valence-corrected chi connectivity index (χ3v) is 4.83. The molecule has 2 aliphatic rings. The molecule has 148 valence electrons. The van der Waals surface area contributed by atoms with Crippen molar-refractivity contribution in [3.05, 3.63) is 34.8 Å². The smallest absolute Gasteiger partial charge is 0.393 e. The van der Waals surface area contributed by atoms with Crippen molar-refractivity contribution >= 4 is 12.0 Å². The average Bonchev–Trinajstić information content (AvgIpc) is 3.30. The number of alkyl halides is 3. The molecule has 4 rings (SSSR count). The number of anilines is 1. The van der Waals surface area contributed by atoms with Gasteiger partial charge in [0.25, 0.3) is 0 Å². The summed E-state index contributed by atoms with van der Waals surface area (Å²) >= 11 is 0. The number of hydrogen-bond donors (Lipinski definition) is 2. The predicted molar refractivity (Wildman–Crippen MR) is 96.0 cm³/mol. The average molecular weight is 394 g/mol. The minimum absolute atomic E-state index is 0.0173. The molecule has 2 aromatic rings. The van der Waals surface area contributed by atoms with Crippen LogP contribution >= 0.6 is 0 Å². The first-order valence-electron chi connectivity index (χ1n) is 9.03. The Labute approximate surface area is 158 Å². The van der Waals surface area contributed by atoms with Crippen LogP contribution < -0.4 is 5.32 Å². The van der Waals surface area contributed by atoms with Crippen LogP contribution in [0.2, 0.25) is 0 Å². The predicted octanol–water partition coefficient (Wildman–Crippen LogP) is 4.24. The monoisotopic (exact) mass is 394 g/mol. The molecule has 1 aromatic carbocycles. The van der Waals surface area contributed by atoms with Gasteiger partial charge in [0.05, 0.1) is 24.2 Å². The molecule has 5 nitrogen and oxygen atoms in total. The van der Waals surface area contributed by atoms with Gasteiger partial charge in [-0.15, -0.1) is 0 Å². The molecule has 2 heterocycles. The molecule has 9 heteroatoms. The number of aromatic nitrogens is 2. The standard InChI is InChI=1S/C19H18F4N4O/c20-14-6-12(11(5-16(14)28)7-19(21,22)23)18-26-15-9-24-8-13(15)17(27-18)25-4-3-10-1-2-10/h5-6,8,10,28H,1-4,7,9H2,(H,25,26,27). The largest absolute Gasteiger partial charge is 0.505 e. The number of phenols is 1. The highest BCUT2D eigenvalue weighted by atomic mass is 19.4. The Morgan fingerprint density at radius 1 is 1.18 bits per heavy atom. The van der Waals surface area contributed by atoms with Crippen LogP contribution in [0.15, 0.2) is 17.1 Å². The molecular formula is C19H18F4N4O. The first kappa shape index (κ1) is 18.6. The molecule has 0 atom stereocenters. The minimum atomic E-state index is -4.52. The van der Waals surface area contributed by atoms with Gasteiger partial charge in [-0.05, 0) is 30.0 Å². The van der Waals surface area contributed by atoms with Crippen LogP contribution in [0.1, 0.15) is 36.1 Å². The fourth-order valence-corrected chi connectivity index (χ4v) is 3.23. The Kier molecular flexibility index (Phi) is 4.68. The van der Waals surface area contributed by atoms with Gasteiger partial charge in [0.2, 0.25) is 0 Å². The van der Waals surface area contributed by atoms with E-state index in [0.29, 0.717) is 29.5 Å². The van der Waals surface area contributed by atoms with Crippen LogP contribution in [0, 0.1) is 11.7 Å². The van der Waals surface area contributed by atoms with E-state index < -0.39 is 24.2 Å². The summed E-state index contributed by atoms with van der Waals surface area (Å²) in [6.45, 7) is 0.970. The van der Waals surface area contributed by atoms with Gasteiger partial charge < -0.3 is 10.4 Å². The molecule has 2 N–H and O–H groups in total. The van der Waals surface area contributed by atoms with Gasteiger partial charge in [0, 0.05) is 18.3 Å². The Morgan fingerprint density at radius 2 is 1.96 bits per heavy atom. The highest BCUT2D eigenvalue weighted by Crippen LogP contribution is 2.35. The maximum Gasteiger partial charge on any atom is 0.393 e. The minimum Gasteiger partial charge on any atom is -0.505 e. The van der Waals surface area contributed by atoms with Crippen molar-refractivity contribution in [2.75, 3.05) is 11.9 Å². The van der Waals surface area contributed by atoms with Gasteiger partial charge in [-0.1, -0.05) is 12.8 Å². The lowest BCUT2D eigenvalue weighted by Gasteiger charge is -2.15. The quantitative estimate of drug-likeness (QED) is 0.719. The first-order valence-corrected chi connectivity index (χ1v) is 9.03. The zero-order valence-electron chi connectivity index (χ0n) is 14.9. The van der Waals surface area contributed by atoms with E-state index in [9.17, 15) is 22.7 Å². The topological polar surface area (TPSA) is 70.4 Å². The first-order chi connectivity index (χ1) is 13.3. The molecule has 0 radical (unpaired) electrons. The number of nitrogens with zero attached hydrogens (tertiary/aromatic N) is 3. The Bertz CT molecular complexity index is 939. The van der Waals surface area contributed by atoms with Gasteiger partial charge >= 0.3 is 6.18 Å². The summed E-state index contributed by atoms with van der Waals surface area (Å²) < 4.78 is 52.8. The summed E-state index contributed by atoms with van der Waals surface area (Å²) in [7, 11) is 0. The highest BCUT2D eigenvalue weighted by molar-refractivity contribution is 5.90. The van der Waals surface area contributed by atoms with Gasteiger partial charge in [0.1, 0.15) is 5.82 Å². The van der Waals surface area contributed by atoms with Crippen molar-refractivity contribution in [2.24, 2.45) is 10.9 Å². The molecule has 0 saturated heterocycles. The van der Waals surface area contributed by atoms with E-state index in [0.717, 1.165) is 18.6 Å². The maximum absolute atomic E-state index is 13.9. The van der Waals surface area contributed by atoms with Crippen LogP contribution in [0.25, 0.3) is 11.4 Å². The molecule has 1 fully saturated rings. The number of fused-ring (bicyclic) bond motifs is 1. The van der Waals surface area contributed by atoms with E-state index in [2.05, 4.69) is 20.3 Å². The molecule has 1 aliphatic heterocycles. The van der Waals surface area contributed by atoms with Crippen molar-refractivity contribution in [1.82, 2.24) is 9.97 Å². The molecular weight excluding hydrogens is 376 g/mol. The number of halogens is 4. The van der Waals surface area contributed by atoms with Crippen molar-refractivity contribution < 1.29 is 22.7 Å². The van der Waals surface area contributed by atoms with Crippen molar-refractivity contribution in [3.63, 3.8) is 0 Å². The summed E-state index contributed by atoms with van der Waals surface area (Å²) in [5.41, 5.74) is 0.906. The molecule has 28 heavy (non-hydrogen) atoms. The van der Waals surface area contributed by atoms with Gasteiger partial charge in [-0.25, -0.2) is 14.4 Å². The summed E-state index contributed by atoms with van der Waals surface area (Å²) in [6, 6.07) is 1.63. The summed E-state index contributed by atoms with van der Waals surface area (Å²) in [6.07, 6.45) is -0.805. The Balaban J connectivity index is 1.73. The Morgan fingerprint density at radius 3 is 2.68 bits per heavy atom. The Hall–Kier alpha value is -2.71. The van der Waals surface area contributed by atoms with Crippen LogP contribution in [-0.4, -0.2) is 34.0 Å². The number of hydrogen-bond acceptors (Lipinski definition) is 5. The van der Waals surface area contributed by atoms with Gasteiger partial charge in [-0.3, -0.25) is 4.99 Å². The van der Waals surface area contributed by atoms with Gasteiger partial charge in [0.15, 0.2) is 17.4 Å². The highest BCUT2D eigenvalue weighted by Gasteiger charge is 2.31. The van der Waals surface area contributed by atoms with Crippen molar-refractivity contribution in [3.8, 4) is 17.1 Å². The molecule has 1 saturated carbocycles. The fraction of sp³-hybridized carbons (Fsp3) is 0.421. The van der Waals surface area contributed by atoms with E-state index in [1.165, 1.54) is 12.8 Å². The zero-order valence-corrected chi connectivity index (χ0v) is 14.9. The van der Waals surface area contributed by atoms with Gasteiger partial charge in [-0.2, -0.15) is 13.2 Å². The van der Waals surface area contributed by atoms with Crippen molar-refractivity contribution in [1.29, 1.82) is 0 Å². The zero-order chi connectivity index (χ0) is 19.9. The second-order valence-electron chi connectivity index (χ2n) is 7.14. The summed E-state index contributed by atoms with van der Waals surface area (Å²) in [4.78, 5) is 12.8. The molecule has 1 aliphatic carbocycles. The molecule has 0 spiro atoms. The molecule has 1 aromatic heterocycles. The lowest BCUT2D eigenvalue weighted by molar-refractivity contribution is -0.127. The third kappa shape index (κ3) is 4.07. The molecule has 0 bridgehead atoms. The lowest BCUT2D eigenvalue weighted by atomic mass is 10.0. The van der Waals surface area contributed by atoms with Crippen LogP contribution in [-0.2, 0) is 13.0 Å². The number of phenolic OH excluding ortho intramolecular Hbond substituents is 1. The number of aliphatic imine (C=N–C) groups is 1. The molecule has 0 amide bonds. The number of rotatable bonds is 6. The molecule has 0 unspecified atom stereocenters. The number of nitrogens with one attached hydrogen (secondary N) is 1. The second kappa shape index (κ2) is 7.03. The van der Waals surface area contributed by atoms with Crippen LogP contribution in [0.3, 0.4) is 0 Å². The maximum atomic E-state index is 13.9. The van der Waals surface area contributed by atoms with Crippen LogP contribution in [0.5, 0.6) is 5.75 Å². The second-order valence-corrected chi connectivity index (χ2v) is 7.14.